The van der Waals surface area contributed by atoms with E-state index in [0.29, 0.717) is 11.5 Å². The Morgan fingerprint density at radius 1 is 1.38 bits per heavy atom. The molecular formula is C14H30N2. The molecule has 1 aliphatic heterocycles. The molecule has 1 heterocycles. The van der Waals surface area contributed by atoms with Gasteiger partial charge in [-0.3, -0.25) is 0 Å². The van der Waals surface area contributed by atoms with Gasteiger partial charge in [0.25, 0.3) is 0 Å². The minimum atomic E-state index is 0.370. The van der Waals surface area contributed by atoms with Crippen LogP contribution in [-0.4, -0.2) is 37.1 Å². The van der Waals surface area contributed by atoms with Crippen molar-refractivity contribution in [3.63, 3.8) is 0 Å². The largest absolute Gasteiger partial charge is 0.312 e. The van der Waals surface area contributed by atoms with Crippen molar-refractivity contribution in [2.24, 2.45) is 11.3 Å². The molecule has 0 aromatic heterocycles. The minimum absolute atomic E-state index is 0.370. The van der Waals surface area contributed by atoms with Crippen LogP contribution < -0.4 is 5.32 Å². The summed E-state index contributed by atoms with van der Waals surface area (Å²) in [5.74, 6) is 0.897. The molecule has 1 N–H and O–H groups in total. The number of rotatable bonds is 4. The zero-order valence-electron chi connectivity index (χ0n) is 11.8. The van der Waals surface area contributed by atoms with E-state index < -0.39 is 0 Å². The van der Waals surface area contributed by atoms with Gasteiger partial charge in [0.15, 0.2) is 0 Å². The summed E-state index contributed by atoms with van der Waals surface area (Å²) >= 11 is 0. The third kappa shape index (κ3) is 4.84. The maximum atomic E-state index is 3.64. The van der Waals surface area contributed by atoms with Gasteiger partial charge < -0.3 is 10.2 Å². The smallest absolute Gasteiger partial charge is 0.0107 e. The molecule has 2 heteroatoms. The lowest BCUT2D eigenvalue weighted by molar-refractivity contribution is 0.177. The Kier molecular flexibility index (Phi) is 5.26. The van der Waals surface area contributed by atoms with E-state index in [-0.39, 0.29) is 0 Å². The first-order chi connectivity index (χ1) is 7.39. The van der Waals surface area contributed by atoms with Crippen LogP contribution in [0.1, 0.15) is 47.5 Å². The Labute approximate surface area is 102 Å². The molecule has 96 valence electrons. The van der Waals surface area contributed by atoms with Gasteiger partial charge in [0.1, 0.15) is 0 Å². The molecular weight excluding hydrogens is 196 g/mol. The zero-order valence-corrected chi connectivity index (χ0v) is 11.8. The van der Waals surface area contributed by atoms with Gasteiger partial charge in [-0.1, -0.05) is 27.7 Å². The number of piperidine rings is 1. The maximum absolute atomic E-state index is 3.64. The molecule has 0 aromatic carbocycles. The van der Waals surface area contributed by atoms with E-state index in [1.54, 1.807) is 0 Å². The van der Waals surface area contributed by atoms with E-state index >= 15 is 0 Å². The Morgan fingerprint density at radius 3 is 2.62 bits per heavy atom. The first-order valence-corrected chi connectivity index (χ1v) is 6.85. The van der Waals surface area contributed by atoms with Crippen LogP contribution in [0.25, 0.3) is 0 Å². The molecule has 2 atom stereocenters. The van der Waals surface area contributed by atoms with Gasteiger partial charge >= 0.3 is 0 Å². The van der Waals surface area contributed by atoms with Gasteiger partial charge in [0, 0.05) is 25.7 Å². The number of likely N-dealkylation sites (tertiary alicyclic amines) is 1. The second kappa shape index (κ2) is 6.02. The standard InChI is InChI=1S/C14H30N2/c1-12-7-6-9-16(11-12)10-8-15-13(2)14(3,4)5/h12-13,15H,6-11H2,1-5H3. The summed E-state index contributed by atoms with van der Waals surface area (Å²) in [6, 6.07) is 0.592. The van der Waals surface area contributed by atoms with Gasteiger partial charge in [-0.15, -0.1) is 0 Å². The lowest BCUT2D eigenvalue weighted by atomic mass is 9.88. The first kappa shape index (κ1) is 14.0. The normalized spacial score (nSPS) is 25.7. The topological polar surface area (TPSA) is 15.3 Å². The molecule has 0 radical (unpaired) electrons. The van der Waals surface area contributed by atoms with Crippen molar-refractivity contribution in [3.8, 4) is 0 Å². The fraction of sp³-hybridized carbons (Fsp3) is 1.00. The molecule has 1 fully saturated rings. The van der Waals surface area contributed by atoms with E-state index in [1.165, 1.54) is 32.5 Å². The molecule has 2 unspecified atom stereocenters. The highest BCUT2D eigenvalue weighted by molar-refractivity contribution is 4.77. The molecule has 1 saturated heterocycles. The number of nitrogens with one attached hydrogen (secondary N) is 1. The van der Waals surface area contributed by atoms with E-state index in [4.69, 9.17) is 0 Å². The van der Waals surface area contributed by atoms with Crippen molar-refractivity contribution in [2.75, 3.05) is 26.2 Å². The van der Waals surface area contributed by atoms with Crippen molar-refractivity contribution in [1.29, 1.82) is 0 Å². The van der Waals surface area contributed by atoms with Gasteiger partial charge in [-0.2, -0.15) is 0 Å². The molecule has 0 aromatic rings. The van der Waals surface area contributed by atoms with Crippen LogP contribution in [0, 0.1) is 11.3 Å². The highest BCUT2D eigenvalue weighted by Crippen LogP contribution is 2.18. The molecule has 0 bridgehead atoms. The van der Waals surface area contributed by atoms with Crippen molar-refractivity contribution >= 4 is 0 Å². The van der Waals surface area contributed by atoms with Crippen molar-refractivity contribution in [3.05, 3.63) is 0 Å². The fourth-order valence-electron chi connectivity index (χ4n) is 2.24. The van der Waals surface area contributed by atoms with Crippen LogP contribution in [0.4, 0.5) is 0 Å². The molecule has 16 heavy (non-hydrogen) atoms. The summed E-state index contributed by atoms with van der Waals surface area (Å²) in [5, 5.41) is 3.64. The summed E-state index contributed by atoms with van der Waals surface area (Å²) in [6.07, 6.45) is 2.80. The molecule has 1 rings (SSSR count). The van der Waals surface area contributed by atoms with Crippen LogP contribution in [0.3, 0.4) is 0 Å². The van der Waals surface area contributed by atoms with Crippen LogP contribution in [-0.2, 0) is 0 Å². The summed E-state index contributed by atoms with van der Waals surface area (Å²) < 4.78 is 0. The fourth-order valence-corrected chi connectivity index (χ4v) is 2.24. The second-order valence-electron chi connectivity index (χ2n) is 6.59. The average molecular weight is 226 g/mol. The first-order valence-electron chi connectivity index (χ1n) is 6.85. The molecule has 2 nitrogen and oxygen atoms in total. The van der Waals surface area contributed by atoms with Crippen molar-refractivity contribution in [1.82, 2.24) is 10.2 Å². The second-order valence-corrected chi connectivity index (χ2v) is 6.59. The SMILES string of the molecule is CC1CCCN(CCNC(C)C(C)(C)C)C1. The van der Waals surface area contributed by atoms with Crippen LogP contribution >= 0.6 is 0 Å². The van der Waals surface area contributed by atoms with Crippen molar-refractivity contribution < 1.29 is 0 Å². The summed E-state index contributed by atoms with van der Waals surface area (Å²) in [7, 11) is 0. The van der Waals surface area contributed by atoms with E-state index in [2.05, 4.69) is 44.8 Å². The molecule has 0 saturated carbocycles. The van der Waals surface area contributed by atoms with E-state index in [1.807, 2.05) is 0 Å². The van der Waals surface area contributed by atoms with Gasteiger partial charge in [-0.05, 0) is 37.6 Å². The molecule has 1 aliphatic rings. The Bertz CT molecular complexity index is 195. The van der Waals surface area contributed by atoms with E-state index in [0.717, 1.165) is 12.5 Å². The minimum Gasteiger partial charge on any atom is -0.312 e. The summed E-state index contributed by atoms with van der Waals surface area (Å²) in [4.78, 5) is 2.61. The molecule has 0 spiro atoms. The average Bonchev–Trinajstić information content (AvgIpc) is 2.16. The monoisotopic (exact) mass is 226 g/mol. The third-order valence-corrected chi connectivity index (χ3v) is 3.92. The quantitative estimate of drug-likeness (QED) is 0.793. The highest BCUT2D eigenvalue weighted by atomic mass is 15.1. The van der Waals surface area contributed by atoms with Crippen LogP contribution in [0.5, 0.6) is 0 Å². The van der Waals surface area contributed by atoms with Gasteiger partial charge in [0.2, 0.25) is 0 Å². The predicted molar refractivity (Wildman–Crippen MR) is 71.8 cm³/mol. The van der Waals surface area contributed by atoms with E-state index in [9.17, 15) is 0 Å². The lowest BCUT2D eigenvalue weighted by Gasteiger charge is -2.33. The Morgan fingerprint density at radius 2 is 2.06 bits per heavy atom. The predicted octanol–water partition coefficient (Wildman–Crippen LogP) is 2.74. The number of hydrogen-bond acceptors (Lipinski definition) is 2. The summed E-state index contributed by atoms with van der Waals surface area (Å²) in [5.41, 5.74) is 0.370. The third-order valence-electron chi connectivity index (χ3n) is 3.92. The Balaban J connectivity index is 2.15. The molecule has 0 aliphatic carbocycles. The lowest BCUT2D eigenvalue weighted by Crippen LogP contribution is -2.44. The zero-order chi connectivity index (χ0) is 12.2. The number of nitrogens with zero attached hydrogens (tertiary/aromatic N) is 1. The van der Waals surface area contributed by atoms with Crippen LogP contribution in [0.2, 0.25) is 0 Å². The van der Waals surface area contributed by atoms with Gasteiger partial charge in [-0.25, -0.2) is 0 Å². The molecule has 0 amide bonds. The Hall–Kier alpha value is -0.0800. The number of hydrogen-bond donors (Lipinski definition) is 1. The highest BCUT2D eigenvalue weighted by Gasteiger charge is 2.20. The van der Waals surface area contributed by atoms with Crippen molar-refractivity contribution in [2.45, 2.75) is 53.5 Å². The van der Waals surface area contributed by atoms with Gasteiger partial charge in [0.05, 0.1) is 0 Å². The summed E-state index contributed by atoms with van der Waals surface area (Å²) in [6.45, 7) is 16.5. The van der Waals surface area contributed by atoms with Crippen LogP contribution in [0.15, 0.2) is 0 Å². The maximum Gasteiger partial charge on any atom is 0.0107 e.